The molecule has 0 aliphatic rings. The van der Waals surface area contributed by atoms with Crippen LogP contribution in [0.15, 0.2) is 17.2 Å². The number of azide groups is 1. The lowest BCUT2D eigenvalue weighted by molar-refractivity contribution is -0.384. The molecule has 0 unspecified atom stereocenters. The van der Waals surface area contributed by atoms with E-state index < -0.39 is 22.3 Å². The number of hydrogen-bond acceptors (Lipinski definition) is 6. The van der Waals surface area contributed by atoms with E-state index in [1.54, 1.807) is 6.92 Å². The summed E-state index contributed by atoms with van der Waals surface area (Å²) in [4.78, 5) is 34.9. The second kappa shape index (κ2) is 6.12. The first-order valence-corrected chi connectivity index (χ1v) is 5.05. The highest BCUT2D eigenvalue weighted by molar-refractivity contribution is 6.03. The standard InChI is InChI=1S/C10H8N4O5/c1-2-19-10(16)6-3-4-8(14(17)18)9(12-13-11)7(6)5-15/h3-5H,2H2,1H3. The average Bonchev–Trinajstić information content (AvgIpc) is 2.38. The Morgan fingerprint density at radius 3 is 2.79 bits per heavy atom. The lowest BCUT2D eigenvalue weighted by Gasteiger charge is -2.06. The molecule has 1 rings (SSSR count). The first kappa shape index (κ1) is 14.1. The fourth-order valence-electron chi connectivity index (χ4n) is 1.40. The van der Waals surface area contributed by atoms with Crippen molar-refractivity contribution in [3.05, 3.63) is 43.8 Å². The number of carbonyl (C=O) groups excluding carboxylic acids is 2. The quantitative estimate of drug-likeness (QED) is 0.153. The Bertz CT molecular complexity index is 592. The van der Waals surface area contributed by atoms with Crippen molar-refractivity contribution in [2.75, 3.05) is 6.61 Å². The van der Waals surface area contributed by atoms with Gasteiger partial charge in [0.1, 0.15) is 5.69 Å². The van der Waals surface area contributed by atoms with E-state index in [2.05, 4.69) is 10.0 Å². The molecule has 0 saturated heterocycles. The number of carbonyl (C=O) groups is 2. The van der Waals surface area contributed by atoms with Crippen LogP contribution in [0, 0.1) is 10.1 Å². The molecule has 9 heteroatoms. The predicted octanol–water partition coefficient (Wildman–Crippen LogP) is 2.53. The number of benzene rings is 1. The highest BCUT2D eigenvalue weighted by atomic mass is 16.6. The maximum absolute atomic E-state index is 11.6. The van der Waals surface area contributed by atoms with Crippen LogP contribution < -0.4 is 0 Å². The van der Waals surface area contributed by atoms with Crippen LogP contribution in [0.2, 0.25) is 0 Å². The molecule has 98 valence electrons. The van der Waals surface area contributed by atoms with E-state index in [1.807, 2.05) is 0 Å². The Morgan fingerprint density at radius 1 is 1.63 bits per heavy atom. The summed E-state index contributed by atoms with van der Waals surface area (Å²) in [6.45, 7) is 1.64. The van der Waals surface area contributed by atoms with E-state index >= 15 is 0 Å². The van der Waals surface area contributed by atoms with Gasteiger partial charge in [0.2, 0.25) is 0 Å². The van der Waals surface area contributed by atoms with Gasteiger partial charge in [0.25, 0.3) is 5.69 Å². The highest BCUT2D eigenvalue weighted by Crippen LogP contribution is 2.33. The average molecular weight is 264 g/mol. The van der Waals surface area contributed by atoms with Crippen molar-refractivity contribution in [1.29, 1.82) is 0 Å². The molecular weight excluding hydrogens is 256 g/mol. The van der Waals surface area contributed by atoms with E-state index in [9.17, 15) is 19.7 Å². The molecule has 0 bridgehead atoms. The SMILES string of the molecule is CCOC(=O)c1ccc([N+](=O)[O-])c(N=[N+]=[N-])c1C=O. The lowest BCUT2D eigenvalue weighted by Crippen LogP contribution is -2.08. The third-order valence-electron chi connectivity index (χ3n) is 2.15. The third-order valence-corrected chi connectivity index (χ3v) is 2.15. The van der Waals surface area contributed by atoms with Crippen LogP contribution in [0.4, 0.5) is 11.4 Å². The smallest absolute Gasteiger partial charge is 0.338 e. The van der Waals surface area contributed by atoms with Crippen LogP contribution in [0.1, 0.15) is 27.6 Å². The molecule has 0 spiro atoms. The van der Waals surface area contributed by atoms with Crippen LogP contribution in [0.25, 0.3) is 10.4 Å². The van der Waals surface area contributed by atoms with Gasteiger partial charge >= 0.3 is 5.97 Å². The van der Waals surface area contributed by atoms with Gasteiger partial charge in [-0.15, -0.1) is 0 Å². The molecule has 0 heterocycles. The van der Waals surface area contributed by atoms with Crippen molar-refractivity contribution in [3.63, 3.8) is 0 Å². The summed E-state index contributed by atoms with van der Waals surface area (Å²) < 4.78 is 4.70. The zero-order valence-corrected chi connectivity index (χ0v) is 9.77. The van der Waals surface area contributed by atoms with E-state index in [0.29, 0.717) is 0 Å². The fourth-order valence-corrected chi connectivity index (χ4v) is 1.40. The van der Waals surface area contributed by atoms with Crippen LogP contribution in [-0.2, 0) is 4.74 Å². The molecule has 19 heavy (non-hydrogen) atoms. The van der Waals surface area contributed by atoms with Crippen LogP contribution in [0.3, 0.4) is 0 Å². The van der Waals surface area contributed by atoms with Gasteiger partial charge in [-0.25, -0.2) is 4.79 Å². The molecule has 0 aliphatic heterocycles. The molecular formula is C10H8N4O5. The van der Waals surface area contributed by atoms with Crippen LogP contribution in [-0.4, -0.2) is 23.8 Å². The number of hydrogen-bond donors (Lipinski definition) is 0. The Kier molecular flexibility index (Phi) is 4.56. The van der Waals surface area contributed by atoms with Gasteiger partial charge in [-0.3, -0.25) is 14.9 Å². The van der Waals surface area contributed by atoms with E-state index in [1.165, 1.54) is 0 Å². The summed E-state index contributed by atoms with van der Waals surface area (Å²) in [6, 6.07) is 2.06. The monoisotopic (exact) mass is 264 g/mol. The number of rotatable bonds is 5. The highest BCUT2D eigenvalue weighted by Gasteiger charge is 2.23. The largest absolute Gasteiger partial charge is 0.462 e. The topological polar surface area (TPSA) is 135 Å². The van der Waals surface area contributed by atoms with Gasteiger partial charge in [-0.05, 0) is 18.5 Å². The Morgan fingerprint density at radius 2 is 2.32 bits per heavy atom. The number of aldehydes is 1. The third kappa shape index (κ3) is 2.85. The number of nitrogens with zero attached hydrogens (tertiary/aromatic N) is 4. The number of ether oxygens (including phenoxy) is 1. The maximum atomic E-state index is 11.6. The summed E-state index contributed by atoms with van der Waals surface area (Å²) >= 11 is 0. The minimum atomic E-state index is -0.825. The van der Waals surface area contributed by atoms with Crippen LogP contribution >= 0.6 is 0 Å². The first-order chi connectivity index (χ1) is 9.06. The molecule has 0 aliphatic carbocycles. The van der Waals surface area contributed by atoms with Crippen molar-refractivity contribution in [2.45, 2.75) is 6.92 Å². The Balaban J connectivity index is 3.57. The summed E-state index contributed by atoms with van der Waals surface area (Å²) in [5, 5.41) is 13.9. The fraction of sp³-hybridized carbons (Fsp3) is 0.200. The predicted molar refractivity (Wildman–Crippen MR) is 63.2 cm³/mol. The molecule has 1 aromatic carbocycles. The van der Waals surface area contributed by atoms with Gasteiger partial charge in [0, 0.05) is 16.5 Å². The summed E-state index contributed by atoms with van der Waals surface area (Å²) in [5.41, 5.74) is 6.75. The zero-order valence-electron chi connectivity index (χ0n) is 9.77. The minimum absolute atomic E-state index is 0.0744. The first-order valence-electron chi connectivity index (χ1n) is 5.05. The molecule has 0 saturated carbocycles. The number of nitro groups is 1. The molecule has 0 amide bonds. The molecule has 0 radical (unpaired) electrons. The van der Waals surface area contributed by atoms with Crippen molar-refractivity contribution < 1.29 is 19.2 Å². The van der Waals surface area contributed by atoms with Gasteiger partial charge in [-0.1, -0.05) is 5.11 Å². The zero-order chi connectivity index (χ0) is 14.4. The molecule has 0 N–H and O–H groups in total. The van der Waals surface area contributed by atoms with Crippen molar-refractivity contribution in [2.24, 2.45) is 5.11 Å². The van der Waals surface area contributed by atoms with E-state index in [0.717, 1.165) is 12.1 Å². The minimum Gasteiger partial charge on any atom is -0.462 e. The summed E-state index contributed by atoms with van der Waals surface area (Å²) in [7, 11) is 0. The Labute approximate surface area is 106 Å². The normalized spacial score (nSPS) is 9.32. The number of nitro benzene ring substituents is 1. The van der Waals surface area contributed by atoms with Gasteiger partial charge in [0.05, 0.1) is 17.1 Å². The van der Waals surface area contributed by atoms with E-state index in [-0.39, 0.29) is 24.0 Å². The van der Waals surface area contributed by atoms with Gasteiger partial charge < -0.3 is 4.74 Å². The molecule has 0 aromatic heterocycles. The summed E-state index contributed by atoms with van der Waals surface area (Å²) in [6.07, 6.45) is 0.212. The molecule has 0 atom stereocenters. The van der Waals surface area contributed by atoms with Crippen molar-refractivity contribution in [1.82, 2.24) is 0 Å². The van der Waals surface area contributed by atoms with Gasteiger partial charge in [0.15, 0.2) is 6.29 Å². The summed E-state index contributed by atoms with van der Waals surface area (Å²) in [5.74, 6) is -0.825. The second-order valence-electron chi connectivity index (χ2n) is 3.18. The van der Waals surface area contributed by atoms with Gasteiger partial charge in [-0.2, -0.15) is 0 Å². The second-order valence-corrected chi connectivity index (χ2v) is 3.18. The number of esters is 1. The van der Waals surface area contributed by atoms with E-state index in [4.69, 9.17) is 10.3 Å². The van der Waals surface area contributed by atoms with Crippen molar-refractivity contribution in [3.8, 4) is 0 Å². The lowest BCUT2D eigenvalue weighted by atomic mass is 10.1. The molecule has 9 nitrogen and oxygen atoms in total. The maximum Gasteiger partial charge on any atom is 0.338 e. The molecule has 0 fully saturated rings. The van der Waals surface area contributed by atoms with Crippen molar-refractivity contribution >= 4 is 23.6 Å². The Hall–Kier alpha value is -2.93. The molecule has 1 aromatic rings. The van der Waals surface area contributed by atoms with Crippen LogP contribution in [0.5, 0.6) is 0 Å².